The predicted molar refractivity (Wildman–Crippen MR) is 97.9 cm³/mol. The van der Waals surface area contributed by atoms with Gasteiger partial charge >= 0.3 is 5.69 Å². The zero-order valence-corrected chi connectivity index (χ0v) is 14.4. The first kappa shape index (κ1) is 16.7. The first-order valence-corrected chi connectivity index (χ1v) is 8.99. The van der Waals surface area contributed by atoms with Crippen LogP contribution in [0.5, 0.6) is 0 Å². The zero-order valence-electron chi connectivity index (χ0n) is 14.4. The van der Waals surface area contributed by atoms with Crippen molar-refractivity contribution in [1.82, 2.24) is 14.1 Å². The van der Waals surface area contributed by atoms with Gasteiger partial charge in [-0.25, -0.2) is 14.2 Å². The average Bonchev–Trinajstić information content (AvgIpc) is 2.68. The maximum Gasteiger partial charge on any atom is 0.333 e. The van der Waals surface area contributed by atoms with E-state index in [9.17, 15) is 14.0 Å². The van der Waals surface area contributed by atoms with Crippen molar-refractivity contribution >= 4 is 11.0 Å². The molecule has 0 radical (unpaired) electrons. The minimum absolute atomic E-state index is 0.0622. The smallest absolute Gasteiger partial charge is 0.273 e. The highest BCUT2D eigenvalue weighted by Crippen LogP contribution is 2.26. The Hall–Kier alpha value is -2.76. The van der Waals surface area contributed by atoms with E-state index >= 15 is 0 Å². The first-order chi connectivity index (χ1) is 12.6. The summed E-state index contributed by atoms with van der Waals surface area (Å²) >= 11 is 0. The second kappa shape index (κ2) is 6.86. The van der Waals surface area contributed by atoms with Crippen molar-refractivity contribution in [2.45, 2.75) is 44.7 Å². The molecule has 1 aliphatic rings. The maximum absolute atomic E-state index is 13.2. The van der Waals surface area contributed by atoms with Gasteiger partial charge in [-0.2, -0.15) is 0 Å². The summed E-state index contributed by atoms with van der Waals surface area (Å²) in [5.41, 5.74) is 0.561. The predicted octanol–water partition coefficient (Wildman–Crippen LogP) is 3.25. The van der Waals surface area contributed by atoms with E-state index in [0.717, 1.165) is 37.7 Å². The van der Waals surface area contributed by atoms with Crippen LogP contribution < -0.4 is 11.2 Å². The van der Waals surface area contributed by atoms with E-state index in [0.29, 0.717) is 11.0 Å². The van der Waals surface area contributed by atoms with Gasteiger partial charge in [0.1, 0.15) is 11.5 Å². The van der Waals surface area contributed by atoms with Gasteiger partial charge in [0, 0.05) is 12.2 Å². The molecule has 4 rings (SSSR count). The highest BCUT2D eigenvalue weighted by molar-refractivity contribution is 5.73. The third-order valence-electron chi connectivity index (χ3n) is 5.12. The van der Waals surface area contributed by atoms with Crippen molar-refractivity contribution in [2.75, 3.05) is 0 Å². The van der Waals surface area contributed by atoms with Crippen LogP contribution in [0, 0.1) is 5.82 Å². The maximum atomic E-state index is 13.2. The van der Waals surface area contributed by atoms with Gasteiger partial charge in [0.05, 0.1) is 11.9 Å². The second-order valence-electron chi connectivity index (χ2n) is 6.84. The molecule has 0 aliphatic heterocycles. The molecule has 1 fully saturated rings. The number of benzene rings is 1. The van der Waals surface area contributed by atoms with Crippen LogP contribution in [0.25, 0.3) is 11.0 Å². The molecule has 2 aromatic heterocycles. The van der Waals surface area contributed by atoms with E-state index in [-0.39, 0.29) is 29.7 Å². The van der Waals surface area contributed by atoms with Gasteiger partial charge in [-0.3, -0.25) is 13.9 Å². The Bertz CT molecular complexity index is 1050. The Kier molecular flexibility index (Phi) is 4.41. The molecule has 134 valence electrons. The standard InChI is InChI=1S/C20H20FN3O2/c21-15-10-8-14(9-11-15)13-23-18-17(7-4-12-22-18)19(25)24(20(23)26)16-5-2-1-3-6-16/h4,7-12,16H,1-3,5-6,13H2. The van der Waals surface area contributed by atoms with Crippen molar-refractivity contribution in [3.8, 4) is 0 Å². The van der Waals surface area contributed by atoms with Crippen LogP contribution in [0.2, 0.25) is 0 Å². The third-order valence-corrected chi connectivity index (χ3v) is 5.12. The number of hydrogen-bond acceptors (Lipinski definition) is 3. The van der Waals surface area contributed by atoms with E-state index in [4.69, 9.17) is 0 Å². The fourth-order valence-corrected chi connectivity index (χ4v) is 3.79. The van der Waals surface area contributed by atoms with Crippen LogP contribution in [0.15, 0.2) is 52.2 Å². The van der Waals surface area contributed by atoms with Crippen molar-refractivity contribution in [3.05, 3.63) is 74.8 Å². The molecule has 1 saturated carbocycles. The molecular formula is C20H20FN3O2. The molecule has 3 aromatic rings. The summed E-state index contributed by atoms with van der Waals surface area (Å²) in [7, 11) is 0. The first-order valence-electron chi connectivity index (χ1n) is 8.99. The van der Waals surface area contributed by atoms with Crippen molar-refractivity contribution < 1.29 is 4.39 Å². The summed E-state index contributed by atoms with van der Waals surface area (Å²) in [4.78, 5) is 30.4. The number of hydrogen-bond donors (Lipinski definition) is 0. The summed E-state index contributed by atoms with van der Waals surface area (Å²) in [5, 5.41) is 0.444. The number of aromatic nitrogens is 3. The van der Waals surface area contributed by atoms with E-state index in [1.165, 1.54) is 21.3 Å². The van der Waals surface area contributed by atoms with E-state index in [2.05, 4.69) is 4.98 Å². The Labute approximate surface area is 149 Å². The lowest BCUT2D eigenvalue weighted by molar-refractivity contribution is 0.332. The third kappa shape index (κ3) is 2.96. The van der Waals surface area contributed by atoms with Crippen LogP contribution in [-0.2, 0) is 6.54 Å². The molecule has 1 aromatic carbocycles. The summed E-state index contributed by atoms with van der Waals surface area (Å²) in [6, 6.07) is 9.39. The van der Waals surface area contributed by atoms with Crippen LogP contribution in [0.4, 0.5) is 4.39 Å². The molecule has 0 saturated heterocycles. The van der Waals surface area contributed by atoms with E-state index < -0.39 is 0 Å². The van der Waals surface area contributed by atoms with Gasteiger partial charge < -0.3 is 0 Å². The van der Waals surface area contributed by atoms with E-state index in [1.54, 1.807) is 30.5 Å². The Morgan fingerprint density at radius 2 is 1.77 bits per heavy atom. The Balaban J connectivity index is 1.91. The van der Waals surface area contributed by atoms with Crippen LogP contribution in [0.3, 0.4) is 0 Å². The molecule has 0 unspecified atom stereocenters. The number of nitrogens with zero attached hydrogens (tertiary/aromatic N) is 3. The molecule has 0 atom stereocenters. The minimum Gasteiger partial charge on any atom is -0.273 e. The SMILES string of the molecule is O=c1c2cccnc2n(Cc2ccc(F)cc2)c(=O)n1C1CCCCC1. The molecule has 1 aliphatic carbocycles. The largest absolute Gasteiger partial charge is 0.333 e. The summed E-state index contributed by atoms with van der Waals surface area (Å²) in [6.45, 7) is 0.250. The Morgan fingerprint density at radius 3 is 2.50 bits per heavy atom. The van der Waals surface area contributed by atoms with Crippen LogP contribution >= 0.6 is 0 Å². The lowest BCUT2D eigenvalue weighted by Crippen LogP contribution is -2.43. The van der Waals surface area contributed by atoms with Crippen molar-refractivity contribution in [3.63, 3.8) is 0 Å². The highest BCUT2D eigenvalue weighted by atomic mass is 19.1. The average molecular weight is 353 g/mol. The quantitative estimate of drug-likeness (QED) is 0.726. The van der Waals surface area contributed by atoms with Gasteiger partial charge in [-0.05, 0) is 42.7 Å². The Morgan fingerprint density at radius 1 is 1.04 bits per heavy atom. The number of rotatable bonds is 3. The molecule has 0 amide bonds. The fourth-order valence-electron chi connectivity index (χ4n) is 3.79. The number of pyridine rings is 1. The molecular weight excluding hydrogens is 333 g/mol. The van der Waals surface area contributed by atoms with Crippen molar-refractivity contribution in [2.24, 2.45) is 0 Å². The van der Waals surface area contributed by atoms with Gasteiger partial charge in [0.2, 0.25) is 0 Å². The minimum atomic E-state index is -0.336. The van der Waals surface area contributed by atoms with Gasteiger partial charge in [-0.1, -0.05) is 31.4 Å². The second-order valence-corrected chi connectivity index (χ2v) is 6.84. The molecule has 0 N–H and O–H groups in total. The normalized spacial score (nSPS) is 15.4. The molecule has 6 heteroatoms. The zero-order chi connectivity index (χ0) is 18.1. The highest BCUT2D eigenvalue weighted by Gasteiger charge is 2.22. The topological polar surface area (TPSA) is 56.9 Å². The summed E-state index contributed by atoms with van der Waals surface area (Å²) in [5.74, 6) is -0.323. The molecule has 2 heterocycles. The van der Waals surface area contributed by atoms with Crippen molar-refractivity contribution in [1.29, 1.82) is 0 Å². The van der Waals surface area contributed by atoms with Crippen LogP contribution in [-0.4, -0.2) is 14.1 Å². The summed E-state index contributed by atoms with van der Waals surface area (Å²) < 4.78 is 16.1. The lowest BCUT2D eigenvalue weighted by atomic mass is 9.95. The van der Waals surface area contributed by atoms with Gasteiger partial charge in [-0.15, -0.1) is 0 Å². The summed E-state index contributed by atoms with van der Waals surface area (Å²) in [6.07, 6.45) is 6.46. The lowest BCUT2D eigenvalue weighted by Gasteiger charge is -2.24. The van der Waals surface area contributed by atoms with Gasteiger partial charge in [0.15, 0.2) is 0 Å². The number of halogens is 1. The molecule has 26 heavy (non-hydrogen) atoms. The fraction of sp³-hybridized carbons (Fsp3) is 0.350. The van der Waals surface area contributed by atoms with E-state index in [1.807, 2.05) is 0 Å². The number of fused-ring (bicyclic) bond motifs is 1. The van der Waals surface area contributed by atoms with Gasteiger partial charge in [0.25, 0.3) is 5.56 Å². The monoisotopic (exact) mass is 353 g/mol. The molecule has 5 nitrogen and oxygen atoms in total. The van der Waals surface area contributed by atoms with Crippen LogP contribution in [0.1, 0.15) is 43.7 Å². The molecule has 0 spiro atoms. The molecule has 0 bridgehead atoms.